The Morgan fingerprint density at radius 3 is 2.65 bits per heavy atom. The molecule has 1 aromatic heterocycles. The number of H-pyrrole nitrogens is 1. The van der Waals surface area contributed by atoms with Gasteiger partial charge in [-0.15, -0.1) is 0 Å². The minimum Gasteiger partial charge on any atom is -0.479 e. The number of ketones is 1. The van der Waals surface area contributed by atoms with E-state index in [4.69, 9.17) is 4.74 Å². The van der Waals surface area contributed by atoms with Crippen molar-refractivity contribution in [2.75, 3.05) is 10.6 Å². The molecule has 0 bridgehead atoms. The molecule has 154 valence electrons. The zero-order valence-corrected chi connectivity index (χ0v) is 16.9. The number of aromatic nitrogens is 1. The summed E-state index contributed by atoms with van der Waals surface area (Å²) < 4.78 is 5.63. The van der Waals surface area contributed by atoms with Crippen molar-refractivity contribution in [2.45, 2.75) is 19.1 Å². The van der Waals surface area contributed by atoms with Gasteiger partial charge in [-0.3, -0.25) is 9.59 Å². The van der Waals surface area contributed by atoms with Gasteiger partial charge in [0.1, 0.15) is 11.8 Å². The Labute approximate surface area is 179 Å². The number of rotatable bonds is 5. The summed E-state index contributed by atoms with van der Waals surface area (Å²) in [4.78, 5) is 28.8. The Kier molecular flexibility index (Phi) is 4.67. The maximum Gasteiger partial charge on any atom is 0.265 e. The van der Waals surface area contributed by atoms with E-state index in [1.807, 2.05) is 60.7 Å². The summed E-state index contributed by atoms with van der Waals surface area (Å²) >= 11 is 0. The van der Waals surface area contributed by atoms with Crippen molar-refractivity contribution in [3.05, 3.63) is 90.1 Å². The number of ether oxygens (including phenoxy) is 1. The molecule has 0 saturated heterocycles. The number of carbonyl (C=O) groups is 2. The van der Waals surface area contributed by atoms with Gasteiger partial charge in [0, 0.05) is 28.4 Å². The molecule has 0 unspecified atom stereocenters. The minimum atomic E-state index is -0.599. The van der Waals surface area contributed by atoms with E-state index in [2.05, 4.69) is 15.6 Å². The Bertz CT molecular complexity index is 1280. The molecule has 1 amide bonds. The normalized spacial score (nSPS) is 16.2. The highest BCUT2D eigenvalue weighted by molar-refractivity contribution is 6.11. The molecule has 3 N–H and O–H groups in total. The summed E-state index contributed by atoms with van der Waals surface area (Å²) in [5.41, 5.74) is 3.68. The van der Waals surface area contributed by atoms with Crippen LogP contribution in [0.25, 0.3) is 10.9 Å². The number of benzene rings is 3. The standard InChI is InChI=1S/C25H21N3O3/c1-15-25(30)28-21-13-17(11-12-22(21)31-15)27-23(16-7-3-2-4-8-16)24(29)19-14-26-20-10-6-5-9-18(19)20/h2-15,23,26-27H,1H3,(H,28,30)/t15-,23+/m1/s1. The lowest BCUT2D eigenvalue weighted by Gasteiger charge is -2.25. The third-order valence-electron chi connectivity index (χ3n) is 5.47. The van der Waals surface area contributed by atoms with Crippen LogP contribution < -0.4 is 15.4 Å². The Hall–Kier alpha value is -4.06. The highest BCUT2D eigenvalue weighted by Crippen LogP contribution is 2.34. The molecule has 4 aromatic rings. The highest BCUT2D eigenvalue weighted by Gasteiger charge is 2.26. The first-order chi connectivity index (χ1) is 15.1. The fraction of sp³-hybridized carbons (Fsp3) is 0.120. The van der Waals surface area contributed by atoms with Crippen molar-refractivity contribution >= 4 is 34.0 Å². The van der Waals surface area contributed by atoms with E-state index < -0.39 is 12.1 Å². The first-order valence-electron chi connectivity index (χ1n) is 10.1. The number of carbonyl (C=O) groups excluding carboxylic acids is 2. The number of hydrogen-bond donors (Lipinski definition) is 3. The van der Waals surface area contributed by atoms with Crippen molar-refractivity contribution in [3.8, 4) is 5.75 Å². The second kappa shape index (κ2) is 7.65. The van der Waals surface area contributed by atoms with Crippen molar-refractivity contribution in [2.24, 2.45) is 0 Å². The summed E-state index contributed by atoms with van der Waals surface area (Å²) in [5, 5.41) is 7.09. The summed E-state index contributed by atoms with van der Waals surface area (Å²) in [6.07, 6.45) is 1.22. The zero-order chi connectivity index (χ0) is 21.4. The first kappa shape index (κ1) is 18.9. The van der Waals surface area contributed by atoms with Crippen LogP contribution in [0.2, 0.25) is 0 Å². The van der Waals surface area contributed by atoms with Crippen molar-refractivity contribution in [1.82, 2.24) is 4.98 Å². The fourth-order valence-corrected chi connectivity index (χ4v) is 3.84. The maximum absolute atomic E-state index is 13.6. The van der Waals surface area contributed by atoms with Crippen LogP contribution in [0.4, 0.5) is 11.4 Å². The monoisotopic (exact) mass is 411 g/mol. The third-order valence-corrected chi connectivity index (χ3v) is 5.47. The van der Waals surface area contributed by atoms with Gasteiger partial charge in [-0.1, -0.05) is 48.5 Å². The summed E-state index contributed by atoms with van der Waals surface area (Å²) in [5.74, 6) is 0.367. The van der Waals surface area contributed by atoms with E-state index in [9.17, 15) is 9.59 Å². The van der Waals surface area contributed by atoms with E-state index >= 15 is 0 Å². The second-order valence-electron chi connectivity index (χ2n) is 7.56. The smallest absolute Gasteiger partial charge is 0.265 e. The molecular formula is C25H21N3O3. The molecule has 1 aliphatic heterocycles. The van der Waals surface area contributed by atoms with Gasteiger partial charge in [0.05, 0.1) is 5.69 Å². The quantitative estimate of drug-likeness (QED) is 0.407. The molecule has 0 spiro atoms. The molecule has 31 heavy (non-hydrogen) atoms. The van der Waals surface area contributed by atoms with E-state index in [0.29, 0.717) is 22.7 Å². The number of anilines is 2. The predicted octanol–water partition coefficient (Wildman–Crippen LogP) is 4.92. The fourth-order valence-electron chi connectivity index (χ4n) is 3.84. The summed E-state index contributed by atoms with van der Waals surface area (Å²) in [6, 6.07) is 22.2. The molecule has 1 aliphatic rings. The number of fused-ring (bicyclic) bond motifs is 2. The summed E-state index contributed by atoms with van der Waals surface area (Å²) in [7, 11) is 0. The van der Waals surface area contributed by atoms with Gasteiger partial charge in [0.2, 0.25) is 0 Å². The molecule has 0 radical (unpaired) electrons. The van der Waals surface area contributed by atoms with Crippen LogP contribution in [0.3, 0.4) is 0 Å². The largest absolute Gasteiger partial charge is 0.479 e. The molecule has 0 aliphatic carbocycles. The van der Waals surface area contributed by atoms with E-state index in [0.717, 1.165) is 16.5 Å². The van der Waals surface area contributed by atoms with Gasteiger partial charge in [-0.25, -0.2) is 0 Å². The predicted molar refractivity (Wildman–Crippen MR) is 121 cm³/mol. The van der Waals surface area contributed by atoms with Gasteiger partial charge in [0.25, 0.3) is 5.91 Å². The van der Waals surface area contributed by atoms with Crippen LogP contribution in [-0.4, -0.2) is 22.8 Å². The molecule has 6 nitrogen and oxygen atoms in total. The van der Waals surface area contributed by atoms with Crippen molar-refractivity contribution < 1.29 is 14.3 Å². The highest BCUT2D eigenvalue weighted by atomic mass is 16.5. The number of amides is 1. The molecule has 0 saturated carbocycles. The Balaban J connectivity index is 1.51. The van der Waals surface area contributed by atoms with Crippen LogP contribution in [-0.2, 0) is 4.79 Å². The van der Waals surface area contributed by atoms with E-state index in [1.54, 1.807) is 25.3 Å². The molecule has 2 heterocycles. The van der Waals surface area contributed by atoms with E-state index in [-0.39, 0.29) is 11.7 Å². The van der Waals surface area contributed by atoms with Gasteiger partial charge >= 0.3 is 0 Å². The first-order valence-corrected chi connectivity index (χ1v) is 10.1. The maximum atomic E-state index is 13.6. The molecule has 6 heteroatoms. The topological polar surface area (TPSA) is 83.2 Å². The SMILES string of the molecule is C[C@H]1Oc2ccc(N[C@H](C(=O)c3c[nH]c4ccccc34)c3ccccc3)cc2NC1=O. The molecule has 5 rings (SSSR count). The van der Waals surface area contributed by atoms with Gasteiger partial charge in [0.15, 0.2) is 11.9 Å². The lowest BCUT2D eigenvalue weighted by atomic mass is 9.96. The van der Waals surface area contributed by atoms with Gasteiger partial charge in [-0.2, -0.15) is 0 Å². The molecular weight excluding hydrogens is 390 g/mol. The average molecular weight is 411 g/mol. The van der Waals surface area contributed by atoms with Crippen molar-refractivity contribution in [3.63, 3.8) is 0 Å². The molecule has 0 fully saturated rings. The summed E-state index contributed by atoms with van der Waals surface area (Å²) in [6.45, 7) is 1.70. The number of hydrogen-bond acceptors (Lipinski definition) is 4. The van der Waals surface area contributed by atoms with Crippen LogP contribution >= 0.6 is 0 Å². The lowest BCUT2D eigenvalue weighted by molar-refractivity contribution is -0.122. The lowest BCUT2D eigenvalue weighted by Crippen LogP contribution is -2.34. The zero-order valence-electron chi connectivity index (χ0n) is 16.9. The average Bonchev–Trinajstić information content (AvgIpc) is 3.23. The van der Waals surface area contributed by atoms with Crippen molar-refractivity contribution in [1.29, 1.82) is 0 Å². The minimum absolute atomic E-state index is 0.0460. The second-order valence-corrected chi connectivity index (χ2v) is 7.56. The van der Waals surface area contributed by atoms with E-state index in [1.165, 1.54) is 0 Å². The third kappa shape index (κ3) is 3.53. The van der Waals surface area contributed by atoms with Crippen LogP contribution in [0.1, 0.15) is 28.9 Å². The van der Waals surface area contributed by atoms with Crippen LogP contribution in [0.15, 0.2) is 79.0 Å². The number of aromatic amines is 1. The number of nitrogens with one attached hydrogen (secondary N) is 3. The number of para-hydroxylation sites is 1. The number of Topliss-reactive ketones (excluding diaryl/α,β-unsaturated/α-hetero) is 1. The van der Waals surface area contributed by atoms with Gasteiger partial charge in [-0.05, 0) is 36.8 Å². The van der Waals surface area contributed by atoms with Crippen LogP contribution in [0.5, 0.6) is 5.75 Å². The Morgan fingerprint density at radius 1 is 1.03 bits per heavy atom. The van der Waals surface area contributed by atoms with Gasteiger partial charge < -0.3 is 20.4 Å². The van der Waals surface area contributed by atoms with Crippen LogP contribution in [0, 0.1) is 0 Å². The molecule has 2 atom stereocenters. The Morgan fingerprint density at radius 2 is 1.81 bits per heavy atom. The molecule has 3 aromatic carbocycles.